The Morgan fingerprint density at radius 3 is 2.03 bits per heavy atom. The topological polar surface area (TPSA) is 38.7 Å². The van der Waals surface area contributed by atoms with Crippen molar-refractivity contribution in [2.24, 2.45) is 4.99 Å². The van der Waals surface area contributed by atoms with Gasteiger partial charge in [0.25, 0.3) is 0 Å². The zero-order chi connectivity index (χ0) is 23.0. The lowest BCUT2D eigenvalue weighted by Crippen LogP contribution is -2.31. The highest BCUT2D eigenvalue weighted by Crippen LogP contribution is 2.18. The zero-order valence-electron chi connectivity index (χ0n) is 19.3. The van der Waals surface area contributed by atoms with Gasteiger partial charge in [0.2, 0.25) is 0 Å². The Bertz CT molecular complexity index is 1040. The van der Waals surface area contributed by atoms with Crippen molar-refractivity contribution in [3.63, 3.8) is 0 Å². The van der Waals surface area contributed by atoms with E-state index in [4.69, 9.17) is 9.73 Å². The molecule has 0 N–H and O–H groups in total. The molecule has 3 heteroatoms. The van der Waals surface area contributed by atoms with Crippen LogP contribution >= 0.6 is 0 Å². The normalized spacial score (nSPS) is 12.4. The molecule has 0 aliphatic rings. The minimum absolute atomic E-state index is 0.323. The molecule has 0 heterocycles. The highest BCUT2D eigenvalue weighted by molar-refractivity contribution is 6.13. The van der Waals surface area contributed by atoms with Crippen molar-refractivity contribution in [1.82, 2.24) is 0 Å². The summed E-state index contributed by atoms with van der Waals surface area (Å²) in [5.41, 5.74) is 4.44. The number of rotatable bonds is 7. The van der Waals surface area contributed by atoms with Gasteiger partial charge in [0.1, 0.15) is 5.60 Å². The summed E-state index contributed by atoms with van der Waals surface area (Å²) in [5, 5.41) is 0. The third-order valence-electron chi connectivity index (χ3n) is 4.77. The summed E-state index contributed by atoms with van der Waals surface area (Å²) in [5.74, 6) is -0.323. The number of aryl methyl sites for hydroxylation is 1. The standard InChI is InChI=1S/C29H31NO2/c1-22-13-11-14-23(21-22)15-12-20-26(28(31)32-29(2,3)4)30-27(24-16-7-5-8-17-24)25-18-9-6-10-19-25/h5-19,21,26H,20H2,1-4H3/b15-12+/t26-/m0/s1. The van der Waals surface area contributed by atoms with E-state index in [-0.39, 0.29) is 5.97 Å². The van der Waals surface area contributed by atoms with Gasteiger partial charge in [-0.05, 0) is 39.7 Å². The van der Waals surface area contributed by atoms with E-state index in [0.717, 1.165) is 22.4 Å². The maximum Gasteiger partial charge on any atom is 0.331 e. The maximum absolute atomic E-state index is 13.1. The summed E-state index contributed by atoms with van der Waals surface area (Å²) in [7, 11) is 0. The number of hydrogen-bond acceptors (Lipinski definition) is 3. The number of benzene rings is 3. The molecule has 0 bridgehead atoms. The number of aliphatic imine (C=N–C) groups is 1. The molecule has 0 saturated heterocycles. The summed E-state index contributed by atoms with van der Waals surface area (Å²) in [6.07, 6.45) is 4.48. The van der Waals surface area contributed by atoms with Crippen molar-refractivity contribution in [2.45, 2.75) is 45.8 Å². The first-order valence-corrected chi connectivity index (χ1v) is 11.0. The van der Waals surface area contributed by atoms with E-state index in [1.165, 1.54) is 5.56 Å². The molecule has 0 unspecified atom stereocenters. The van der Waals surface area contributed by atoms with Gasteiger partial charge < -0.3 is 4.74 Å². The number of esters is 1. The predicted octanol–water partition coefficient (Wildman–Crippen LogP) is 6.65. The van der Waals surface area contributed by atoms with Crippen LogP contribution in [0.3, 0.4) is 0 Å². The summed E-state index contributed by atoms with van der Waals surface area (Å²) in [6.45, 7) is 7.70. The van der Waals surface area contributed by atoms with Gasteiger partial charge in [0.15, 0.2) is 6.04 Å². The van der Waals surface area contributed by atoms with Crippen molar-refractivity contribution in [2.75, 3.05) is 0 Å². The minimum Gasteiger partial charge on any atom is -0.458 e. The van der Waals surface area contributed by atoms with E-state index in [1.54, 1.807) is 0 Å². The fraction of sp³-hybridized carbons (Fsp3) is 0.241. The molecule has 0 aliphatic carbocycles. The molecule has 0 aliphatic heterocycles. The average molecular weight is 426 g/mol. The first-order valence-electron chi connectivity index (χ1n) is 11.0. The van der Waals surface area contributed by atoms with Crippen molar-refractivity contribution in [1.29, 1.82) is 0 Å². The molecule has 3 nitrogen and oxygen atoms in total. The van der Waals surface area contributed by atoms with Gasteiger partial charge in [0, 0.05) is 11.1 Å². The van der Waals surface area contributed by atoms with Gasteiger partial charge in [-0.2, -0.15) is 0 Å². The number of ether oxygens (including phenoxy) is 1. The van der Waals surface area contributed by atoms with Crippen LogP contribution in [0.25, 0.3) is 6.08 Å². The van der Waals surface area contributed by atoms with Crippen molar-refractivity contribution >= 4 is 17.8 Å². The highest BCUT2D eigenvalue weighted by Gasteiger charge is 2.25. The second-order valence-electron chi connectivity index (χ2n) is 8.81. The van der Waals surface area contributed by atoms with Crippen LogP contribution in [0.1, 0.15) is 49.4 Å². The quantitative estimate of drug-likeness (QED) is 0.314. The molecule has 32 heavy (non-hydrogen) atoms. The summed E-state index contributed by atoms with van der Waals surface area (Å²) in [6, 6.07) is 27.5. The molecule has 0 aromatic heterocycles. The van der Waals surface area contributed by atoms with E-state index in [1.807, 2.05) is 99.7 Å². The monoisotopic (exact) mass is 425 g/mol. The third-order valence-corrected chi connectivity index (χ3v) is 4.77. The van der Waals surface area contributed by atoms with E-state index in [0.29, 0.717) is 6.42 Å². The Labute approximate surface area is 191 Å². The SMILES string of the molecule is Cc1cccc(/C=C/C[C@H](N=C(c2ccccc2)c2ccccc2)C(=O)OC(C)(C)C)c1. The van der Waals surface area contributed by atoms with E-state index >= 15 is 0 Å². The lowest BCUT2D eigenvalue weighted by molar-refractivity contribution is -0.156. The third kappa shape index (κ3) is 7.05. The zero-order valence-corrected chi connectivity index (χ0v) is 19.3. The fourth-order valence-electron chi connectivity index (χ4n) is 3.34. The second kappa shape index (κ2) is 10.7. The van der Waals surface area contributed by atoms with Gasteiger partial charge in [0.05, 0.1) is 5.71 Å². The van der Waals surface area contributed by atoms with Crippen LogP contribution in [0, 0.1) is 6.92 Å². The van der Waals surface area contributed by atoms with Gasteiger partial charge in [-0.25, -0.2) is 4.79 Å². The molecule has 0 saturated carbocycles. The second-order valence-corrected chi connectivity index (χ2v) is 8.81. The van der Waals surface area contributed by atoms with Crippen molar-refractivity contribution < 1.29 is 9.53 Å². The molecule has 0 amide bonds. The molecule has 164 valence electrons. The first kappa shape index (κ1) is 23.2. The van der Waals surface area contributed by atoms with E-state index in [2.05, 4.69) is 25.1 Å². The Kier molecular flexibility index (Phi) is 7.77. The Morgan fingerprint density at radius 2 is 1.50 bits per heavy atom. The molecule has 3 aromatic carbocycles. The summed E-state index contributed by atoms with van der Waals surface area (Å²) in [4.78, 5) is 18.0. The Morgan fingerprint density at radius 1 is 0.906 bits per heavy atom. The Hall–Kier alpha value is -3.46. The number of nitrogens with zero attached hydrogens (tertiary/aromatic N) is 1. The van der Waals surface area contributed by atoms with Crippen molar-refractivity contribution in [3.8, 4) is 0 Å². The lowest BCUT2D eigenvalue weighted by Gasteiger charge is -2.22. The number of hydrogen-bond donors (Lipinski definition) is 0. The molecule has 3 aromatic rings. The van der Waals surface area contributed by atoms with Crippen molar-refractivity contribution in [3.05, 3.63) is 113 Å². The van der Waals surface area contributed by atoms with Crippen LogP contribution in [0.15, 0.2) is 96.0 Å². The molecule has 0 radical (unpaired) electrons. The molecular formula is C29H31NO2. The summed E-state index contributed by atoms with van der Waals surface area (Å²) >= 11 is 0. The molecule has 1 atom stereocenters. The molecule has 3 rings (SSSR count). The largest absolute Gasteiger partial charge is 0.458 e. The minimum atomic E-state index is -0.648. The molecular weight excluding hydrogens is 394 g/mol. The van der Waals surface area contributed by atoms with Crippen LogP contribution in [-0.2, 0) is 9.53 Å². The van der Waals surface area contributed by atoms with Gasteiger partial charge in [-0.15, -0.1) is 0 Å². The first-order chi connectivity index (χ1) is 15.3. The van der Waals surface area contributed by atoms with Gasteiger partial charge in [-0.1, -0.05) is 103 Å². The van der Waals surface area contributed by atoms with Crippen LogP contribution in [0.4, 0.5) is 0 Å². The predicted molar refractivity (Wildman–Crippen MR) is 133 cm³/mol. The number of carbonyl (C=O) groups is 1. The highest BCUT2D eigenvalue weighted by atomic mass is 16.6. The average Bonchev–Trinajstić information content (AvgIpc) is 2.76. The molecule has 0 fully saturated rings. The van der Waals surface area contributed by atoms with Gasteiger partial charge in [-0.3, -0.25) is 4.99 Å². The van der Waals surface area contributed by atoms with Crippen LogP contribution in [0.2, 0.25) is 0 Å². The Balaban J connectivity index is 1.97. The van der Waals surface area contributed by atoms with Crippen LogP contribution in [0.5, 0.6) is 0 Å². The number of carbonyl (C=O) groups excluding carboxylic acids is 1. The van der Waals surface area contributed by atoms with Crippen LogP contribution < -0.4 is 0 Å². The summed E-state index contributed by atoms with van der Waals surface area (Å²) < 4.78 is 5.71. The van der Waals surface area contributed by atoms with E-state index in [9.17, 15) is 4.79 Å². The fourth-order valence-corrected chi connectivity index (χ4v) is 3.34. The maximum atomic E-state index is 13.1. The van der Waals surface area contributed by atoms with Crippen LogP contribution in [-0.4, -0.2) is 23.3 Å². The van der Waals surface area contributed by atoms with Gasteiger partial charge >= 0.3 is 5.97 Å². The van der Waals surface area contributed by atoms with E-state index < -0.39 is 11.6 Å². The molecule has 0 spiro atoms. The lowest BCUT2D eigenvalue weighted by atomic mass is 10.0. The smallest absolute Gasteiger partial charge is 0.331 e.